The molecule has 70 valence electrons. The Morgan fingerprint density at radius 1 is 1.58 bits per heavy atom. The molecule has 1 heterocycles. The molecular weight excluding hydrogens is 148 g/mol. The predicted molar refractivity (Wildman–Crippen MR) is 53.3 cm³/mol. The Hall–Kier alpha value is -0.340. The Bertz CT molecular complexity index is 152. The lowest BCUT2D eigenvalue weighted by Crippen LogP contribution is -2.48. The Morgan fingerprint density at radius 2 is 2.33 bits per heavy atom. The van der Waals surface area contributed by atoms with Crippen LogP contribution in [0.2, 0.25) is 0 Å². The zero-order valence-electron chi connectivity index (χ0n) is 8.27. The van der Waals surface area contributed by atoms with Crippen molar-refractivity contribution in [3.8, 4) is 0 Å². The van der Waals surface area contributed by atoms with Crippen molar-refractivity contribution in [1.29, 1.82) is 0 Å². The van der Waals surface area contributed by atoms with Gasteiger partial charge in [-0.1, -0.05) is 6.08 Å². The molecule has 1 saturated heterocycles. The maximum atomic E-state index is 3.79. The molecular formula is C10H20N2. The van der Waals surface area contributed by atoms with Gasteiger partial charge in [-0.2, -0.15) is 0 Å². The minimum Gasteiger partial charge on any atom is -0.315 e. The van der Waals surface area contributed by atoms with Crippen molar-refractivity contribution in [2.75, 3.05) is 26.2 Å². The Morgan fingerprint density at radius 3 is 3.00 bits per heavy atom. The van der Waals surface area contributed by atoms with E-state index in [0.29, 0.717) is 0 Å². The van der Waals surface area contributed by atoms with Crippen molar-refractivity contribution in [1.82, 2.24) is 10.2 Å². The predicted octanol–water partition coefficient (Wildman–Crippen LogP) is 1.25. The van der Waals surface area contributed by atoms with Crippen LogP contribution in [0.5, 0.6) is 0 Å². The summed E-state index contributed by atoms with van der Waals surface area (Å²) in [4.78, 5) is 2.49. The van der Waals surface area contributed by atoms with Crippen molar-refractivity contribution >= 4 is 0 Å². The number of hydrogen-bond donors (Lipinski definition) is 1. The molecule has 0 aromatic carbocycles. The van der Waals surface area contributed by atoms with Crippen molar-refractivity contribution in [3.05, 3.63) is 12.7 Å². The standard InChI is InChI=1S/C10H20N2/c1-4-7-12-8-5-6-11-9-10(12,2)3/h4,11H,1,5-9H2,2-3H3. The van der Waals surface area contributed by atoms with E-state index in [9.17, 15) is 0 Å². The first-order chi connectivity index (χ1) is 5.67. The van der Waals surface area contributed by atoms with E-state index in [1.807, 2.05) is 6.08 Å². The first kappa shape index (κ1) is 9.75. The fourth-order valence-corrected chi connectivity index (χ4v) is 1.70. The summed E-state index contributed by atoms with van der Waals surface area (Å²) in [7, 11) is 0. The van der Waals surface area contributed by atoms with Gasteiger partial charge in [0.1, 0.15) is 0 Å². The van der Waals surface area contributed by atoms with Crippen LogP contribution in [0, 0.1) is 0 Å². The fourth-order valence-electron chi connectivity index (χ4n) is 1.70. The second-order valence-corrected chi connectivity index (χ2v) is 4.08. The third-order valence-corrected chi connectivity index (χ3v) is 2.54. The average Bonchev–Trinajstić information content (AvgIpc) is 2.15. The molecule has 0 atom stereocenters. The number of hydrogen-bond acceptors (Lipinski definition) is 2. The maximum Gasteiger partial charge on any atom is 0.0280 e. The molecule has 0 aliphatic carbocycles. The third-order valence-electron chi connectivity index (χ3n) is 2.54. The second-order valence-electron chi connectivity index (χ2n) is 4.08. The van der Waals surface area contributed by atoms with Crippen LogP contribution in [0.25, 0.3) is 0 Å². The monoisotopic (exact) mass is 168 g/mol. The average molecular weight is 168 g/mol. The van der Waals surface area contributed by atoms with E-state index < -0.39 is 0 Å². The highest BCUT2D eigenvalue weighted by atomic mass is 15.2. The zero-order chi connectivity index (χ0) is 9.03. The van der Waals surface area contributed by atoms with Crippen LogP contribution in [0.3, 0.4) is 0 Å². The van der Waals surface area contributed by atoms with Gasteiger partial charge in [0, 0.05) is 25.2 Å². The van der Waals surface area contributed by atoms with Crippen LogP contribution < -0.4 is 5.32 Å². The molecule has 1 aliphatic heterocycles. The van der Waals surface area contributed by atoms with Crippen LogP contribution in [-0.2, 0) is 0 Å². The van der Waals surface area contributed by atoms with Crippen LogP contribution in [0.4, 0.5) is 0 Å². The zero-order valence-corrected chi connectivity index (χ0v) is 8.27. The fraction of sp³-hybridized carbons (Fsp3) is 0.800. The summed E-state index contributed by atoms with van der Waals surface area (Å²) in [5, 5.41) is 3.45. The van der Waals surface area contributed by atoms with Gasteiger partial charge in [-0.15, -0.1) is 6.58 Å². The van der Waals surface area contributed by atoms with E-state index >= 15 is 0 Å². The van der Waals surface area contributed by atoms with Gasteiger partial charge < -0.3 is 5.32 Å². The minimum absolute atomic E-state index is 0.282. The Labute approximate surface area is 75.6 Å². The van der Waals surface area contributed by atoms with Gasteiger partial charge >= 0.3 is 0 Å². The van der Waals surface area contributed by atoms with E-state index in [2.05, 4.69) is 30.6 Å². The minimum atomic E-state index is 0.282. The van der Waals surface area contributed by atoms with Gasteiger partial charge in [0.25, 0.3) is 0 Å². The van der Waals surface area contributed by atoms with E-state index in [-0.39, 0.29) is 5.54 Å². The molecule has 2 heteroatoms. The highest BCUT2D eigenvalue weighted by Gasteiger charge is 2.26. The molecule has 0 bridgehead atoms. The van der Waals surface area contributed by atoms with Crippen LogP contribution >= 0.6 is 0 Å². The van der Waals surface area contributed by atoms with E-state index in [1.54, 1.807) is 0 Å². The number of nitrogens with one attached hydrogen (secondary N) is 1. The number of nitrogens with zero attached hydrogens (tertiary/aromatic N) is 1. The topological polar surface area (TPSA) is 15.3 Å². The van der Waals surface area contributed by atoms with Crippen molar-refractivity contribution in [2.24, 2.45) is 0 Å². The molecule has 1 N–H and O–H groups in total. The number of rotatable bonds is 2. The summed E-state index contributed by atoms with van der Waals surface area (Å²) in [5.41, 5.74) is 0.282. The molecule has 1 fully saturated rings. The largest absolute Gasteiger partial charge is 0.315 e. The molecule has 0 unspecified atom stereocenters. The quantitative estimate of drug-likeness (QED) is 0.624. The molecule has 0 spiro atoms. The summed E-state index contributed by atoms with van der Waals surface area (Å²) in [5.74, 6) is 0. The van der Waals surface area contributed by atoms with Crippen molar-refractivity contribution < 1.29 is 0 Å². The lowest BCUT2D eigenvalue weighted by Gasteiger charge is -2.36. The smallest absolute Gasteiger partial charge is 0.0280 e. The maximum absolute atomic E-state index is 3.79. The highest BCUT2D eigenvalue weighted by molar-refractivity contribution is 4.89. The summed E-state index contributed by atoms with van der Waals surface area (Å²) >= 11 is 0. The molecule has 1 rings (SSSR count). The SMILES string of the molecule is C=CCN1CCCNCC1(C)C. The second kappa shape index (κ2) is 4.06. The normalized spacial score (nSPS) is 24.8. The lowest BCUT2D eigenvalue weighted by atomic mass is 10.0. The van der Waals surface area contributed by atoms with Gasteiger partial charge in [0.15, 0.2) is 0 Å². The third kappa shape index (κ3) is 2.32. The first-order valence-electron chi connectivity index (χ1n) is 4.73. The lowest BCUT2D eigenvalue weighted by molar-refractivity contribution is 0.150. The summed E-state index contributed by atoms with van der Waals surface area (Å²) in [6.07, 6.45) is 3.24. The van der Waals surface area contributed by atoms with Gasteiger partial charge in [-0.3, -0.25) is 4.90 Å². The molecule has 0 amide bonds. The highest BCUT2D eigenvalue weighted by Crippen LogP contribution is 2.15. The summed E-state index contributed by atoms with van der Waals surface area (Å²) in [6, 6.07) is 0. The van der Waals surface area contributed by atoms with Crippen LogP contribution in [0.1, 0.15) is 20.3 Å². The van der Waals surface area contributed by atoms with Crippen LogP contribution in [-0.4, -0.2) is 36.6 Å². The molecule has 2 nitrogen and oxygen atoms in total. The van der Waals surface area contributed by atoms with E-state index in [1.165, 1.54) is 13.0 Å². The molecule has 0 aromatic rings. The van der Waals surface area contributed by atoms with Crippen molar-refractivity contribution in [3.63, 3.8) is 0 Å². The molecule has 0 saturated carbocycles. The van der Waals surface area contributed by atoms with Gasteiger partial charge in [0.05, 0.1) is 0 Å². The molecule has 1 aliphatic rings. The van der Waals surface area contributed by atoms with E-state index in [0.717, 1.165) is 19.6 Å². The van der Waals surface area contributed by atoms with Gasteiger partial charge in [-0.25, -0.2) is 0 Å². The van der Waals surface area contributed by atoms with Crippen LogP contribution in [0.15, 0.2) is 12.7 Å². The van der Waals surface area contributed by atoms with E-state index in [4.69, 9.17) is 0 Å². The molecule has 12 heavy (non-hydrogen) atoms. The molecule has 0 aromatic heterocycles. The Kier molecular flexibility index (Phi) is 3.29. The Balaban J connectivity index is 2.58. The first-order valence-corrected chi connectivity index (χ1v) is 4.73. The summed E-state index contributed by atoms with van der Waals surface area (Å²) < 4.78 is 0. The van der Waals surface area contributed by atoms with Gasteiger partial charge in [0.2, 0.25) is 0 Å². The molecule has 0 radical (unpaired) electrons. The van der Waals surface area contributed by atoms with Gasteiger partial charge in [-0.05, 0) is 26.8 Å². The summed E-state index contributed by atoms with van der Waals surface area (Å²) in [6.45, 7) is 12.8. The van der Waals surface area contributed by atoms with Crippen molar-refractivity contribution in [2.45, 2.75) is 25.8 Å².